The maximum Gasteiger partial charge on any atom is 0.414 e. The van der Waals surface area contributed by atoms with E-state index in [-0.39, 0.29) is 29.1 Å². The van der Waals surface area contributed by atoms with E-state index in [1.165, 1.54) is 10.9 Å². The van der Waals surface area contributed by atoms with E-state index in [4.69, 9.17) is 10.5 Å². The fraction of sp³-hybridized carbons (Fsp3) is 0.357. The first-order valence-corrected chi connectivity index (χ1v) is 12.5. The summed E-state index contributed by atoms with van der Waals surface area (Å²) in [6, 6.07) is 10.9. The summed E-state index contributed by atoms with van der Waals surface area (Å²) in [5.41, 5.74) is 10.2. The summed E-state index contributed by atoms with van der Waals surface area (Å²) in [5.74, 6) is -0.198. The molecule has 2 aromatic carbocycles. The molecule has 0 saturated heterocycles. The van der Waals surface area contributed by atoms with Crippen LogP contribution in [0.15, 0.2) is 42.6 Å². The Hall–Kier alpha value is -4.14. The topological polar surface area (TPSA) is 120 Å². The number of carbonyl (C=O) groups is 3. The lowest BCUT2D eigenvalue weighted by molar-refractivity contribution is 0.0583. The second kappa shape index (κ2) is 9.06. The number of nitrogen functional groups attached to an aromatic ring is 1. The average Bonchev–Trinajstić information content (AvgIpc) is 3.41. The Kier molecular flexibility index (Phi) is 6.01. The molecule has 0 spiro atoms. The molecule has 9 nitrogen and oxygen atoms in total. The third-order valence-electron chi connectivity index (χ3n) is 6.51. The normalized spacial score (nSPS) is 14.9. The van der Waals surface area contributed by atoms with Gasteiger partial charge in [0.1, 0.15) is 11.4 Å². The quantitative estimate of drug-likeness (QED) is 0.506. The van der Waals surface area contributed by atoms with Crippen LogP contribution in [0.1, 0.15) is 71.0 Å². The molecule has 5 rings (SSSR count). The highest BCUT2D eigenvalue weighted by Crippen LogP contribution is 2.32. The third kappa shape index (κ3) is 4.94. The molecular formula is C28H31N5O4. The summed E-state index contributed by atoms with van der Waals surface area (Å²) in [5, 5.41) is 7.36. The molecule has 37 heavy (non-hydrogen) atoms. The molecule has 1 aliphatic carbocycles. The summed E-state index contributed by atoms with van der Waals surface area (Å²) < 4.78 is 7.00. The number of aryl methyl sites for hydroxylation is 1. The van der Waals surface area contributed by atoms with Gasteiger partial charge in [0.05, 0.1) is 23.1 Å². The summed E-state index contributed by atoms with van der Waals surface area (Å²) in [6.45, 7) is 7.88. The number of amides is 2. The van der Waals surface area contributed by atoms with Gasteiger partial charge in [0.15, 0.2) is 5.78 Å². The Morgan fingerprint density at radius 3 is 2.49 bits per heavy atom. The van der Waals surface area contributed by atoms with Crippen LogP contribution in [0.2, 0.25) is 0 Å². The van der Waals surface area contributed by atoms with Crippen molar-refractivity contribution in [3.05, 3.63) is 70.4 Å². The highest BCUT2D eigenvalue weighted by atomic mass is 16.6. The van der Waals surface area contributed by atoms with Crippen molar-refractivity contribution >= 4 is 29.3 Å². The standard InChI is InChI=1S/C28H31N5O4/c1-16-5-6-19(26(35)31-20-8-9-20)14-23(16)33-25(29)21(15-30-33)24(34)18-7-10-22-17(13-18)11-12-32(22)27(36)37-28(2,3)4/h5-7,10,13-15,20H,8-9,11-12,29H2,1-4H3,(H,31,35). The molecule has 2 amide bonds. The molecule has 0 unspecified atom stereocenters. The molecule has 2 aliphatic rings. The van der Waals surface area contributed by atoms with E-state index in [2.05, 4.69) is 10.4 Å². The number of nitrogens with zero attached hydrogens (tertiary/aromatic N) is 3. The first kappa shape index (κ1) is 24.5. The fourth-order valence-electron chi connectivity index (χ4n) is 4.41. The Labute approximate surface area is 215 Å². The van der Waals surface area contributed by atoms with Crippen molar-refractivity contribution in [2.45, 2.75) is 58.6 Å². The zero-order valence-electron chi connectivity index (χ0n) is 21.5. The molecule has 0 radical (unpaired) electrons. The SMILES string of the molecule is Cc1ccc(C(=O)NC2CC2)cc1-n1ncc(C(=O)c2ccc3c(c2)CCN3C(=O)OC(C)(C)C)c1N. The van der Waals surface area contributed by atoms with Crippen LogP contribution in [0.3, 0.4) is 0 Å². The number of hydrogen-bond donors (Lipinski definition) is 2. The van der Waals surface area contributed by atoms with Gasteiger partial charge in [-0.1, -0.05) is 6.07 Å². The van der Waals surface area contributed by atoms with Gasteiger partial charge in [-0.3, -0.25) is 14.5 Å². The van der Waals surface area contributed by atoms with E-state index in [1.807, 2.05) is 33.8 Å². The number of ether oxygens (including phenoxy) is 1. The van der Waals surface area contributed by atoms with Crippen molar-refractivity contribution in [3.8, 4) is 5.69 Å². The minimum Gasteiger partial charge on any atom is -0.443 e. The van der Waals surface area contributed by atoms with Crippen LogP contribution in [-0.2, 0) is 11.2 Å². The molecule has 1 aliphatic heterocycles. The second-order valence-corrected chi connectivity index (χ2v) is 10.7. The molecule has 2 heterocycles. The van der Waals surface area contributed by atoms with Crippen LogP contribution in [0, 0.1) is 6.92 Å². The first-order chi connectivity index (χ1) is 17.5. The predicted octanol–water partition coefficient (Wildman–Crippen LogP) is 4.18. The van der Waals surface area contributed by atoms with Gasteiger partial charge >= 0.3 is 6.09 Å². The lowest BCUT2D eigenvalue weighted by atomic mass is 10.0. The Bertz CT molecular complexity index is 1410. The van der Waals surface area contributed by atoms with Crippen molar-refractivity contribution in [2.75, 3.05) is 17.2 Å². The zero-order chi connectivity index (χ0) is 26.5. The number of rotatable bonds is 5. The minimum atomic E-state index is -0.591. The number of hydrogen-bond acceptors (Lipinski definition) is 6. The number of nitrogens with one attached hydrogen (secondary N) is 1. The van der Waals surface area contributed by atoms with Crippen molar-refractivity contribution in [1.29, 1.82) is 0 Å². The van der Waals surface area contributed by atoms with Gasteiger partial charge in [0.25, 0.3) is 5.91 Å². The highest BCUT2D eigenvalue weighted by molar-refractivity contribution is 6.12. The molecule has 1 aromatic heterocycles. The van der Waals surface area contributed by atoms with E-state index < -0.39 is 11.7 Å². The van der Waals surface area contributed by atoms with Crippen LogP contribution in [0.4, 0.5) is 16.3 Å². The maximum absolute atomic E-state index is 13.4. The van der Waals surface area contributed by atoms with Gasteiger partial charge in [-0.15, -0.1) is 0 Å². The van der Waals surface area contributed by atoms with Gasteiger partial charge < -0.3 is 15.8 Å². The van der Waals surface area contributed by atoms with Gasteiger partial charge in [-0.25, -0.2) is 9.48 Å². The number of anilines is 2. The van der Waals surface area contributed by atoms with Crippen LogP contribution in [0.5, 0.6) is 0 Å². The van der Waals surface area contributed by atoms with E-state index in [9.17, 15) is 14.4 Å². The lowest BCUT2D eigenvalue weighted by Gasteiger charge is -2.24. The van der Waals surface area contributed by atoms with Crippen molar-refractivity contribution in [2.24, 2.45) is 0 Å². The first-order valence-electron chi connectivity index (χ1n) is 12.5. The number of aromatic nitrogens is 2. The number of ketones is 1. The van der Waals surface area contributed by atoms with Crippen LogP contribution in [-0.4, -0.2) is 45.8 Å². The summed E-state index contributed by atoms with van der Waals surface area (Å²) >= 11 is 0. The summed E-state index contributed by atoms with van der Waals surface area (Å²) in [7, 11) is 0. The number of fused-ring (bicyclic) bond motifs is 1. The Morgan fingerprint density at radius 1 is 1.05 bits per heavy atom. The molecular weight excluding hydrogens is 470 g/mol. The summed E-state index contributed by atoms with van der Waals surface area (Å²) in [4.78, 5) is 40.1. The van der Waals surface area contributed by atoms with Crippen molar-refractivity contribution in [1.82, 2.24) is 15.1 Å². The molecule has 1 fully saturated rings. The number of nitrogens with two attached hydrogens (primary N) is 1. The van der Waals surface area contributed by atoms with Gasteiger partial charge in [0.2, 0.25) is 0 Å². The monoisotopic (exact) mass is 501 g/mol. The average molecular weight is 502 g/mol. The van der Waals surface area contributed by atoms with Crippen molar-refractivity contribution < 1.29 is 19.1 Å². The number of benzene rings is 2. The van der Waals surface area contributed by atoms with Gasteiger partial charge in [0, 0.05) is 23.7 Å². The van der Waals surface area contributed by atoms with Crippen molar-refractivity contribution in [3.63, 3.8) is 0 Å². The van der Waals surface area contributed by atoms with Gasteiger partial charge in [-0.05, 0) is 88.4 Å². The smallest absolute Gasteiger partial charge is 0.414 e. The largest absolute Gasteiger partial charge is 0.443 e. The Balaban J connectivity index is 1.39. The third-order valence-corrected chi connectivity index (χ3v) is 6.51. The van der Waals surface area contributed by atoms with E-state index >= 15 is 0 Å². The van der Waals surface area contributed by atoms with E-state index in [0.29, 0.717) is 29.8 Å². The minimum absolute atomic E-state index is 0.135. The van der Waals surface area contributed by atoms with Crippen LogP contribution >= 0.6 is 0 Å². The van der Waals surface area contributed by atoms with Crippen LogP contribution in [0.25, 0.3) is 5.69 Å². The predicted molar refractivity (Wildman–Crippen MR) is 140 cm³/mol. The second-order valence-electron chi connectivity index (χ2n) is 10.7. The van der Waals surface area contributed by atoms with Crippen LogP contribution < -0.4 is 16.0 Å². The number of carbonyl (C=O) groups excluding carboxylic acids is 3. The lowest BCUT2D eigenvalue weighted by Crippen LogP contribution is -2.35. The summed E-state index contributed by atoms with van der Waals surface area (Å²) in [6.07, 6.45) is 3.68. The maximum atomic E-state index is 13.4. The molecule has 9 heteroatoms. The molecule has 192 valence electrons. The van der Waals surface area contributed by atoms with E-state index in [1.54, 1.807) is 35.2 Å². The molecule has 0 atom stereocenters. The zero-order valence-corrected chi connectivity index (χ0v) is 21.5. The molecule has 3 N–H and O–H groups in total. The molecule has 1 saturated carbocycles. The highest BCUT2D eigenvalue weighted by Gasteiger charge is 2.30. The fourth-order valence-corrected chi connectivity index (χ4v) is 4.41. The van der Waals surface area contributed by atoms with Gasteiger partial charge in [-0.2, -0.15) is 5.10 Å². The molecule has 0 bridgehead atoms. The van der Waals surface area contributed by atoms with E-state index in [0.717, 1.165) is 29.7 Å². The molecule has 3 aromatic rings. The Morgan fingerprint density at radius 2 is 1.78 bits per heavy atom.